The Bertz CT molecular complexity index is 829. The molecule has 5 nitrogen and oxygen atoms in total. The summed E-state index contributed by atoms with van der Waals surface area (Å²) in [6, 6.07) is 17.6. The number of carbonyl (C=O) groups is 1. The molecular formula is C23H27N3O2S. The van der Waals surface area contributed by atoms with Crippen LogP contribution in [0.15, 0.2) is 60.7 Å². The van der Waals surface area contributed by atoms with E-state index in [4.69, 9.17) is 17.0 Å². The van der Waals surface area contributed by atoms with Crippen molar-refractivity contribution in [3.63, 3.8) is 0 Å². The quantitative estimate of drug-likeness (QED) is 0.577. The van der Waals surface area contributed by atoms with E-state index in [0.717, 1.165) is 38.4 Å². The first-order chi connectivity index (χ1) is 14.2. The van der Waals surface area contributed by atoms with Gasteiger partial charge in [0, 0.05) is 38.4 Å². The average molecular weight is 410 g/mol. The average Bonchev–Trinajstić information content (AvgIpc) is 2.75. The van der Waals surface area contributed by atoms with E-state index in [0.29, 0.717) is 17.3 Å². The minimum Gasteiger partial charge on any atom is -0.462 e. The maximum Gasteiger partial charge on any atom is 0.338 e. The van der Waals surface area contributed by atoms with Crippen molar-refractivity contribution in [2.75, 3.05) is 44.6 Å². The van der Waals surface area contributed by atoms with E-state index in [9.17, 15) is 4.79 Å². The van der Waals surface area contributed by atoms with Gasteiger partial charge in [0.1, 0.15) is 0 Å². The summed E-state index contributed by atoms with van der Waals surface area (Å²) in [5.74, 6) is -0.306. The first-order valence-corrected chi connectivity index (χ1v) is 10.3. The van der Waals surface area contributed by atoms with Gasteiger partial charge in [-0.3, -0.25) is 4.90 Å². The van der Waals surface area contributed by atoms with E-state index >= 15 is 0 Å². The first-order valence-electron chi connectivity index (χ1n) is 9.93. The maximum atomic E-state index is 11.7. The van der Waals surface area contributed by atoms with Crippen LogP contribution in [0.25, 0.3) is 6.08 Å². The number of anilines is 1. The van der Waals surface area contributed by atoms with Crippen LogP contribution in [0.1, 0.15) is 22.8 Å². The van der Waals surface area contributed by atoms with Gasteiger partial charge in [-0.25, -0.2) is 4.79 Å². The van der Waals surface area contributed by atoms with E-state index in [2.05, 4.69) is 51.5 Å². The van der Waals surface area contributed by atoms with Gasteiger partial charge in [-0.2, -0.15) is 0 Å². The second kappa shape index (κ2) is 10.7. The van der Waals surface area contributed by atoms with Crippen molar-refractivity contribution < 1.29 is 9.53 Å². The smallest absolute Gasteiger partial charge is 0.338 e. The van der Waals surface area contributed by atoms with Gasteiger partial charge < -0.3 is 15.0 Å². The first kappa shape index (κ1) is 21.0. The minimum absolute atomic E-state index is 0.306. The van der Waals surface area contributed by atoms with Crippen LogP contribution < -0.4 is 5.32 Å². The third-order valence-corrected chi connectivity index (χ3v) is 5.14. The largest absolute Gasteiger partial charge is 0.462 e. The number of hydrogen-bond acceptors (Lipinski definition) is 4. The van der Waals surface area contributed by atoms with Crippen molar-refractivity contribution in [3.05, 3.63) is 71.8 Å². The molecule has 1 aliphatic rings. The van der Waals surface area contributed by atoms with E-state index in [1.807, 2.05) is 18.2 Å². The van der Waals surface area contributed by atoms with Crippen LogP contribution >= 0.6 is 12.2 Å². The Kier molecular flexibility index (Phi) is 7.78. The zero-order valence-corrected chi connectivity index (χ0v) is 17.5. The lowest BCUT2D eigenvalue weighted by atomic mass is 10.2. The molecule has 0 aromatic heterocycles. The van der Waals surface area contributed by atoms with Gasteiger partial charge in [0.05, 0.1) is 12.2 Å². The molecule has 6 heteroatoms. The van der Waals surface area contributed by atoms with E-state index in [-0.39, 0.29) is 5.97 Å². The van der Waals surface area contributed by atoms with Crippen molar-refractivity contribution in [2.45, 2.75) is 6.92 Å². The molecule has 2 aromatic rings. The summed E-state index contributed by atoms with van der Waals surface area (Å²) >= 11 is 5.56. The molecule has 2 aromatic carbocycles. The molecule has 0 bridgehead atoms. The Hall–Kier alpha value is -2.70. The zero-order chi connectivity index (χ0) is 20.5. The molecule has 0 saturated carbocycles. The molecule has 1 aliphatic heterocycles. The number of ether oxygens (including phenoxy) is 1. The molecule has 29 heavy (non-hydrogen) atoms. The van der Waals surface area contributed by atoms with Crippen molar-refractivity contribution in [3.8, 4) is 0 Å². The molecule has 0 unspecified atom stereocenters. The second-order valence-corrected chi connectivity index (χ2v) is 7.22. The molecule has 152 valence electrons. The summed E-state index contributed by atoms with van der Waals surface area (Å²) in [4.78, 5) is 16.3. The SMILES string of the molecule is CCOC(=O)c1ccc(NC(=S)N2CCN(CC=Cc3ccccc3)CC2)cc1. The van der Waals surface area contributed by atoms with E-state index in [1.54, 1.807) is 19.1 Å². The molecule has 1 fully saturated rings. The summed E-state index contributed by atoms with van der Waals surface area (Å²) in [5.41, 5.74) is 2.64. The Labute approximate surface area is 178 Å². The highest BCUT2D eigenvalue weighted by Crippen LogP contribution is 2.13. The molecule has 0 amide bonds. The molecule has 1 heterocycles. The third-order valence-electron chi connectivity index (χ3n) is 4.78. The number of benzene rings is 2. The van der Waals surface area contributed by atoms with Crippen molar-refractivity contribution in [2.24, 2.45) is 0 Å². The van der Waals surface area contributed by atoms with Gasteiger partial charge in [-0.1, -0.05) is 42.5 Å². The maximum absolute atomic E-state index is 11.7. The highest BCUT2D eigenvalue weighted by atomic mass is 32.1. The number of nitrogens with zero attached hydrogens (tertiary/aromatic N) is 2. The second-order valence-electron chi connectivity index (χ2n) is 6.83. The molecule has 0 atom stereocenters. The van der Waals surface area contributed by atoms with Crippen molar-refractivity contribution in [1.82, 2.24) is 9.80 Å². The van der Waals surface area contributed by atoms with Crippen LogP contribution in [0.2, 0.25) is 0 Å². The molecule has 3 rings (SSSR count). The van der Waals surface area contributed by atoms with Crippen molar-refractivity contribution in [1.29, 1.82) is 0 Å². The van der Waals surface area contributed by atoms with E-state index in [1.165, 1.54) is 5.56 Å². The van der Waals surface area contributed by atoms with Crippen LogP contribution in [0.5, 0.6) is 0 Å². The normalized spacial score (nSPS) is 14.7. The van der Waals surface area contributed by atoms with Crippen LogP contribution in [-0.4, -0.2) is 60.2 Å². The van der Waals surface area contributed by atoms with Crippen LogP contribution in [0.3, 0.4) is 0 Å². The Morgan fingerprint density at radius 1 is 1.07 bits per heavy atom. The zero-order valence-electron chi connectivity index (χ0n) is 16.7. The number of nitrogens with one attached hydrogen (secondary N) is 1. The molecular weight excluding hydrogens is 382 g/mol. The Morgan fingerprint density at radius 3 is 2.41 bits per heavy atom. The fraction of sp³-hybridized carbons (Fsp3) is 0.304. The number of carbonyl (C=O) groups excluding carboxylic acids is 1. The van der Waals surface area contributed by atoms with Crippen molar-refractivity contribution >= 4 is 35.1 Å². The summed E-state index contributed by atoms with van der Waals surface area (Å²) < 4.78 is 5.00. The van der Waals surface area contributed by atoms with Gasteiger partial charge in [0.15, 0.2) is 5.11 Å². The third kappa shape index (κ3) is 6.41. The lowest BCUT2D eigenvalue weighted by Gasteiger charge is -2.35. The topological polar surface area (TPSA) is 44.8 Å². The predicted octanol–water partition coefficient (Wildman–Crippen LogP) is 3.89. The Morgan fingerprint density at radius 2 is 1.76 bits per heavy atom. The van der Waals surface area contributed by atoms with Crippen LogP contribution in [0, 0.1) is 0 Å². The fourth-order valence-corrected chi connectivity index (χ4v) is 3.44. The minimum atomic E-state index is -0.306. The predicted molar refractivity (Wildman–Crippen MR) is 122 cm³/mol. The number of rotatable bonds is 6. The van der Waals surface area contributed by atoms with Gasteiger partial charge in [0.2, 0.25) is 0 Å². The van der Waals surface area contributed by atoms with E-state index < -0.39 is 0 Å². The van der Waals surface area contributed by atoms with Gasteiger partial charge in [-0.15, -0.1) is 0 Å². The van der Waals surface area contributed by atoms with Crippen LogP contribution in [-0.2, 0) is 4.74 Å². The van der Waals surface area contributed by atoms with Gasteiger partial charge in [-0.05, 0) is 49.0 Å². The lowest BCUT2D eigenvalue weighted by Crippen LogP contribution is -2.49. The number of esters is 1. The van der Waals surface area contributed by atoms with Gasteiger partial charge in [0.25, 0.3) is 0 Å². The summed E-state index contributed by atoms with van der Waals surface area (Å²) in [5, 5.41) is 3.98. The monoisotopic (exact) mass is 409 g/mol. The molecule has 0 radical (unpaired) electrons. The molecule has 0 spiro atoms. The lowest BCUT2D eigenvalue weighted by molar-refractivity contribution is 0.0526. The molecule has 0 aliphatic carbocycles. The highest BCUT2D eigenvalue weighted by Gasteiger charge is 2.18. The summed E-state index contributed by atoms with van der Waals surface area (Å²) in [6.45, 7) is 6.85. The number of hydrogen-bond donors (Lipinski definition) is 1. The van der Waals surface area contributed by atoms with Gasteiger partial charge >= 0.3 is 5.97 Å². The Balaban J connectivity index is 1.43. The summed E-state index contributed by atoms with van der Waals surface area (Å²) in [7, 11) is 0. The highest BCUT2D eigenvalue weighted by molar-refractivity contribution is 7.80. The summed E-state index contributed by atoms with van der Waals surface area (Å²) in [6.07, 6.45) is 4.38. The molecule has 1 saturated heterocycles. The molecule has 1 N–H and O–H groups in total. The standard InChI is InChI=1S/C23H27N3O2S/c1-2-28-22(27)20-10-12-21(13-11-20)24-23(29)26-17-15-25(16-18-26)14-6-9-19-7-4-3-5-8-19/h3-13H,2,14-18H2,1H3,(H,24,29). The number of piperazine rings is 1. The van der Waals surface area contributed by atoms with Crippen LogP contribution in [0.4, 0.5) is 5.69 Å². The number of thiocarbonyl (C=S) groups is 1. The fourth-order valence-electron chi connectivity index (χ4n) is 3.14.